The van der Waals surface area contributed by atoms with Crippen LogP contribution in [0.5, 0.6) is 0 Å². The van der Waals surface area contributed by atoms with Gasteiger partial charge < -0.3 is 4.74 Å². The standard InChI is InChI=1S/C48H44O2/c1-9-50-46(49)37-21-20-30-15-11-13-17-36(30)45(37)39-25-32-23-33(47(3,4)5)26-40-38(42-28(2)18-19-29-14-10-12-16-35(29)42)24-31-22-34(48(6,7)8)27-41(39)44(31)43(32)40/h10-27H,9H2,1-8H3. The third-order valence-electron chi connectivity index (χ3n) is 10.6. The molecule has 8 aromatic carbocycles. The van der Waals surface area contributed by atoms with Gasteiger partial charge in [0.15, 0.2) is 0 Å². The summed E-state index contributed by atoms with van der Waals surface area (Å²) in [4.78, 5) is 13.7. The smallest absolute Gasteiger partial charge is 0.338 e. The van der Waals surface area contributed by atoms with Crippen LogP contribution in [0.4, 0.5) is 0 Å². The van der Waals surface area contributed by atoms with Crippen LogP contribution in [-0.4, -0.2) is 12.6 Å². The molecule has 0 fully saturated rings. The molecule has 2 heteroatoms. The van der Waals surface area contributed by atoms with E-state index < -0.39 is 0 Å². The summed E-state index contributed by atoms with van der Waals surface area (Å²) in [5.74, 6) is -0.293. The van der Waals surface area contributed by atoms with Crippen LogP contribution in [0.1, 0.15) is 75.5 Å². The monoisotopic (exact) mass is 652 g/mol. The second kappa shape index (κ2) is 11.4. The average molecular weight is 653 g/mol. The fraction of sp³-hybridized carbons (Fsp3) is 0.229. The van der Waals surface area contributed by atoms with Crippen molar-refractivity contribution in [3.63, 3.8) is 0 Å². The van der Waals surface area contributed by atoms with Crippen LogP contribution < -0.4 is 0 Å². The van der Waals surface area contributed by atoms with E-state index in [1.54, 1.807) is 0 Å². The molecule has 0 aliphatic carbocycles. The molecule has 0 saturated heterocycles. The lowest BCUT2D eigenvalue weighted by Gasteiger charge is -2.27. The van der Waals surface area contributed by atoms with Crippen molar-refractivity contribution in [1.29, 1.82) is 0 Å². The highest BCUT2D eigenvalue weighted by Gasteiger charge is 2.27. The SMILES string of the molecule is CCOC(=O)c1ccc2ccccc2c1-c1cc2cc(C(C)(C)C)cc3c(-c4c(C)ccc5ccccc45)cc4cc(C(C)(C)C)cc1c4c23. The Kier molecular flexibility index (Phi) is 7.31. The maximum absolute atomic E-state index is 13.7. The number of carbonyl (C=O) groups is 1. The van der Waals surface area contributed by atoms with Gasteiger partial charge in [-0.2, -0.15) is 0 Å². The minimum atomic E-state index is -0.293. The van der Waals surface area contributed by atoms with Gasteiger partial charge in [0, 0.05) is 5.56 Å². The van der Waals surface area contributed by atoms with E-state index in [9.17, 15) is 4.79 Å². The number of carbonyl (C=O) groups excluding carboxylic acids is 1. The predicted molar refractivity (Wildman–Crippen MR) is 214 cm³/mol. The zero-order chi connectivity index (χ0) is 35.1. The Labute approximate surface area is 295 Å². The van der Waals surface area contributed by atoms with Gasteiger partial charge in [0.25, 0.3) is 0 Å². The summed E-state index contributed by atoms with van der Waals surface area (Å²) in [6.07, 6.45) is 0. The highest BCUT2D eigenvalue weighted by Crippen LogP contribution is 2.49. The lowest BCUT2D eigenvalue weighted by Crippen LogP contribution is -2.12. The number of rotatable bonds is 4. The molecule has 0 aromatic heterocycles. The van der Waals surface area contributed by atoms with Gasteiger partial charge in [-0.3, -0.25) is 0 Å². The number of benzene rings is 8. The van der Waals surface area contributed by atoms with E-state index in [2.05, 4.69) is 146 Å². The summed E-state index contributed by atoms with van der Waals surface area (Å²) < 4.78 is 5.70. The lowest BCUT2D eigenvalue weighted by molar-refractivity contribution is 0.0527. The third-order valence-corrected chi connectivity index (χ3v) is 10.6. The van der Waals surface area contributed by atoms with Crippen LogP contribution in [0.25, 0.3) is 76.1 Å². The van der Waals surface area contributed by atoms with Gasteiger partial charge in [0.05, 0.1) is 12.2 Å². The Balaban J connectivity index is 1.62. The van der Waals surface area contributed by atoms with Gasteiger partial charge in [-0.1, -0.05) is 120 Å². The van der Waals surface area contributed by atoms with Crippen molar-refractivity contribution in [2.75, 3.05) is 6.61 Å². The number of hydrogen-bond acceptors (Lipinski definition) is 2. The number of aryl methyl sites for hydroxylation is 1. The lowest BCUT2D eigenvalue weighted by atomic mass is 9.77. The van der Waals surface area contributed by atoms with Crippen molar-refractivity contribution in [2.24, 2.45) is 0 Å². The summed E-state index contributed by atoms with van der Waals surface area (Å²) in [6, 6.07) is 40.1. The Morgan fingerprint density at radius 3 is 1.54 bits per heavy atom. The highest BCUT2D eigenvalue weighted by atomic mass is 16.5. The molecule has 0 spiro atoms. The quantitative estimate of drug-likeness (QED) is 0.140. The molecule has 0 atom stereocenters. The van der Waals surface area contributed by atoms with E-state index in [0.717, 1.165) is 27.3 Å². The van der Waals surface area contributed by atoms with Crippen molar-refractivity contribution >= 4 is 59.8 Å². The topological polar surface area (TPSA) is 26.3 Å². The fourth-order valence-corrected chi connectivity index (χ4v) is 7.96. The molecule has 0 aliphatic rings. The zero-order valence-corrected chi connectivity index (χ0v) is 30.4. The number of fused-ring (bicyclic) bond motifs is 2. The first-order chi connectivity index (χ1) is 23.8. The molecule has 0 aliphatic heterocycles. The fourth-order valence-electron chi connectivity index (χ4n) is 7.96. The molecule has 0 radical (unpaired) electrons. The van der Waals surface area contributed by atoms with E-state index in [0.29, 0.717) is 12.2 Å². The van der Waals surface area contributed by atoms with E-state index in [-0.39, 0.29) is 16.8 Å². The van der Waals surface area contributed by atoms with E-state index in [1.807, 2.05) is 19.1 Å². The van der Waals surface area contributed by atoms with Gasteiger partial charge in [0.2, 0.25) is 0 Å². The molecule has 8 aromatic rings. The maximum atomic E-state index is 13.7. The normalized spacial score (nSPS) is 12.6. The van der Waals surface area contributed by atoms with Gasteiger partial charge in [0.1, 0.15) is 0 Å². The van der Waals surface area contributed by atoms with Crippen molar-refractivity contribution in [1.82, 2.24) is 0 Å². The highest BCUT2D eigenvalue weighted by molar-refractivity contribution is 6.31. The minimum absolute atomic E-state index is 0.0787. The Hall–Kier alpha value is -5.21. The van der Waals surface area contributed by atoms with Crippen molar-refractivity contribution < 1.29 is 9.53 Å². The summed E-state index contributed by atoms with van der Waals surface area (Å²) in [5.41, 5.74) is 8.79. The molecular formula is C48H44O2. The molecule has 0 unspecified atom stereocenters. The van der Waals surface area contributed by atoms with Crippen molar-refractivity contribution in [2.45, 2.75) is 66.2 Å². The first-order valence-corrected chi connectivity index (χ1v) is 17.8. The largest absolute Gasteiger partial charge is 0.462 e. The molecule has 0 bridgehead atoms. The van der Waals surface area contributed by atoms with Crippen LogP contribution in [0, 0.1) is 6.92 Å². The average Bonchev–Trinajstić information content (AvgIpc) is 3.08. The van der Waals surface area contributed by atoms with Crippen molar-refractivity contribution in [3.8, 4) is 22.3 Å². The summed E-state index contributed by atoms with van der Waals surface area (Å²) in [7, 11) is 0. The van der Waals surface area contributed by atoms with E-state index >= 15 is 0 Å². The Bertz CT molecular complexity index is 2640. The first-order valence-electron chi connectivity index (χ1n) is 17.8. The predicted octanol–water partition coefficient (Wildman–Crippen LogP) is 13.3. The second-order valence-corrected chi connectivity index (χ2v) is 16.0. The number of ether oxygens (including phenoxy) is 1. The van der Waals surface area contributed by atoms with E-state index in [4.69, 9.17) is 4.74 Å². The van der Waals surface area contributed by atoms with Crippen LogP contribution in [0.3, 0.4) is 0 Å². The van der Waals surface area contributed by atoms with Gasteiger partial charge in [-0.15, -0.1) is 0 Å². The molecule has 2 nitrogen and oxygen atoms in total. The summed E-state index contributed by atoms with van der Waals surface area (Å²) in [6.45, 7) is 18.2. The minimum Gasteiger partial charge on any atom is -0.462 e. The van der Waals surface area contributed by atoms with Crippen LogP contribution in [-0.2, 0) is 15.6 Å². The van der Waals surface area contributed by atoms with Gasteiger partial charge in [-0.25, -0.2) is 4.79 Å². The Morgan fingerprint density at radius 2 is 1.02 bits per heavy atom. The van der Waals surface area contributed by atoms with E-state index in [1.165, 1.54) is 65.5 Å². The molecule has 248 valence electrons. The van der Waals surface area contributed by atoms with Gasteiger partial charge >= 0.3 is 5.97 Å². The Morgan fingerprint density at radius 1 is 0.540 bits per heavy atom. The van der Waals surface area contributed by atoms with Gasteiger partial charge in [-0.05, 0) is 142 Å². The summed E-state index contributed by atoms with van der Waals surface area (Å²) >= 11 is 0. The maximum Gasteiger partial charge on any atom is 0.338 e. The molecule has 0 heterocycles. The van der Waals surface area contributed by atoms with Crippen molar-refractivity contribution in [3.05, 3.63) is 131 Å². The zero-order valence-electron chi connectivity index (χ0n) is 30.4. The number of esters is 1. The molecular weight excluding hydrogens is 609 g/mol. The summed E-state index contributed by atoms with van der Waals surface area (Å²) in [5, 5.41) is 12.0. The van der Waals surface area contributed by atoms with Crippen LogP contribution in [0.15, 0.2) is 109 Å². The van der Waals surface area contributed by atoms with Crippen LogP contribution >= 0.6 is 0 Å². The molecule has 0 saturated carbocycles. The molecule has 0 amide bonds. The molecule has 50 heavy (non-hydrogen) atoms. The second-order valence-electron chi connectivity index (χ2n) is 16.0. The molecule has 8 rings (SSSR count). The molecule has 0 N–H and O–H groups in total. The van der Waals surface area contributed by atoms with Crippen LogP contribution in [0.2, 0.25) is 0 Å². The third kappa shape index (κ3) is 5.04. The first kappa shape index (κ1) is 32.0. The number of hydrogen-bond donors (Lipinski definition) is 0.